The van der Waals surface area contributed by atoms with Gasteiger partial charge in [-0.25, -0.2) is 8.78 Å². The molecule has 112 valence electrons. The largest absolute Gasteiger partial charge is 0.313 e. The van der Waals surface area contributed by atoms with Gasteiger partial charge in [0.05, 0.1) is 4.47 Å². The SMILES string of the molecule is CNC(Cc1c(F)ccc(Br)c1F)c1cccc(Br)c1C. The smallest absolute Gasteiger partial charge is 0.143 e. The zero-order chi connectivity index (χ0) is 15.6. The number of hydrogen-bond acceptors (Lipinski definition) is 1. The van der Waals surface area contributed by atoms with Gasteiger partial charge in [0, 0.05) is 16.1 Å². The number of rotatable bonds is 4. The summed E-state index contributed by atoms with van der Waals surface area (Å²) in [6.45, 7) is 1.98. The molecular formula is C16H15Br2F2N. The van der Waals surface area contributed by atoms with E-state index in [1.165, 1.54) is 12.1 Å². The topological polar surface area (TPSA) is 12.0 Å². The van der Waals surface area contributed by atoms with Crippen LogP contribution in [0.1, 0.15) is 22.7 Å². The van der Waals surface area contributed by atoms with Gasteiger partial charge in [0.1, 0.15) is 11.6 Å². The van der Waals surface area contributed by atoms with Gasteiger partial charge in [0.15, 0.2) is 0 Å². The Morgan fingerprint density at radius 3 is 2.48 bits per heavy atom. The highest BCUT2D eigenvalue weighted by Gasteiger charge is 2.19. The fourth-order valence-corrected chi connectivity index (χ4v) is 3.08. The number of halogens is 4. The second-order valence-corrected chi connectivity index (χ2v) is 6.53. The Balaban J connectivity index is 2.41. The van der Waals surface area contributed by atoms with Crippen LogP contribution in [0, 0.1) is 18.6 Å². The first kappa shape index (κ1) is 16.6. The molecule has 1 atom stereocenters. The van der Waals surface area contributed by atoms with Crippen molar-refractivity contribution in [3.8, 4) is 0 Å². The summed E-state index contributed by atoms with van der Waals surface area (Å²) in [5.41, 5.74) is 2.17. The first-order valence-corrected chi connectivity index (χ1v) is 8.09. The molecular weight excluding hydrogens is 404 g/mol. The van der Waals surface area contributed by atoms with Crippen molar-refractivity contribution >= 4 is 31.9 Å². The van der Waals surface area contributed by atoms with Gasteiger partial charge in [-0.3, -0.25) is 0 Å². The van der Waals surface area contributed by atoms with Crippen LogP contribution >= 0.6 is 31.9 Å². The van der Waals surface area contributed by atoms with Gasteiger partial charge >= 0.3 is 0 Å². The minimum atomic E-state index is -0.539. The number of nitrogens with one attached hydrogen (secondary N) is 1. The normalized spacial score (nSPS) is 12.5. The van der Waals surface area contributed by atoms with E-state index in [4.69, 9.17) is 0 Å². The summed E-state index contributed by atoms with van der Waals surface area (Å²) in [7, 11) is 1.79. The average molecular weight is 419 g/mol. The molecule has 21 heavy (non-hydrogen) atoms. The van der Waals surface area contributed by atoms with E-state index in [0.717, 1.165) is 15.6 Å². The first-order valence-electron chi connectivity index (χ1n) is 6.50. The number of hydrogen-bond donors (Lipinski definition) is 1. The van der Waals surface area contributed by atoms with Crippen LogP contribution in [0.4, 0.5) is 8.78 Å². The molecule has 5 heteroatoms. The molecule has 0 heterocycles. The molecule has 0 bridgehead atoms. The Morgan fingerprint density at radius 2 is 1.81 bits per heavy atom. The van der Waals surface area contributed by atoms with E-state index >= 15 is 0 Å². The van der Waals surface area contributed by atoms with Gasteiger partial charge < -0.3 is 5.32 Å². The Kier molecular flexibility index (Phi) is 5.52. The molecule has 0 aliphatic heterocycles. The summed E-state index contributed by atoms with van der Waals surface area (Å²) in [5.74, 6) is -1.06. The van der Waals surface area contributed by atoms with E-state index in [0.29, 0.717) is 0 Å². The van der Waals surface area contributed by atoms with E-state index in [9.17, 15) is 8.78 Å². The van der Waals surface area contributed by atoms with Gasteiger partial charge in [0.2, 0.25) is 0 Å². The molecule has 2 aromatic rings. The van der Waals surface area contributed by atoms with Crippen LogP contribution in [0.25, 0.3) is 0 Å². The summed E-state index contributed by atoms with van der Waals surface area (Å²) in [5, 5.41) is 3.14. The Morgan fingerprint density at radius 1 is 1.10 bits per heavy atom. The van der Waals surface area contributed by atoms with E-state index in [1.54, 1.807) is 7.05 Å². The fourth-order valence-electron chi connectivity index (χ4n) is 2.33. The fraction of sp³-hybridized carbons (Fsp3) is 0.250. The first-order chi connectivity index (χ1) is 9.95. The third-order valence-corrected chi connectivity index (χ3v) is 5.05. The van der Waals surface area contributed by atoms with Crippen LogP contribution in [0.2, 0.25) is 0 Å². The van der Waals surface area contributed by atoms with Crippen molar-refractivity contribution in [2.45, 2.75) is 19.4 Å². The predicted molar refractivity (Wildman–Crippen MR) is 88.4 cm³/mol. The lowest BCUT2D eigenvalue weighted by molar-refractivity contribution is 0.511. The lowest BCUT2D eigenvalue weighted by atomic mass is 9.95. The molecule has 1 nitrogen and oxygen atoms in total. The lowest BCUT2D eigenvalue weighted by Gasteiger charge is -2.20. The highest BCUT2D eigenvalue weighted by atomic mass is 79.9. The molecule has 0 radical (unpaired) electrons. The molecule has 2 rings (SSSR count). The maximum absolute atomic E-state index is 14.1. The Labute approximate surface area is 140 Å². The molecule has 1 unspecified atom stereocenters. The van der Waals surface area contributed by atoms with Crippen molar-refractivity contribution in [2.75, 3.05) is 7.05 Å². The number of benzene rings is 2. The third kappa shape index (κ3) is 3.52. The van der Waals surface area contributed by atoms with E-state index in [2.05, 4.69) is 37.2 Å². The predicted octanol–water partition coefficient (Wildman–Crippen LogP) is 5.30. The minimum Gasteiger partial charge on any atom is -0.313 e. The zero-order valence-electron chi connectivity index (χ0n) is 11.7. The minimum absolute atomic E-state index is 0.0862. The van der Waals surface area contributed by atoms with Crippen LogP contribution in [-0.2, 0) is 6.42 Å². The molecule has 0 saturated heterocycles. The summed E-state index contributed by atoms with van der Waals surface area (Å²) >= 11 is 6.59. The average Bonchev–Trinajstić information content (AvgIpc) is 2.47. The summed E-state index contributed by atoms with van der Waals surface area (Å²) in [6.07, 6.45) is 0.241. The van der Waals surface area contributed by atoms with Crippen molar-refractivity contribution in [3.63, 3.8) is 0 Å². The third-order valence-electron chi connectivity index (χ3n) is 3.58. The monoisotopic (exact) mass is 417 g/mol. The molecule has 0 spiro atoms. The molecule has 2 aromatic carbocycles. The van der Waals surface area contributed by atoms with E-state index in [-0.39, 0.29) is 22.5 Å². The van der Waals surface area contributed by atoms with Crippen LogP contribution in [-0.4, -0.2) is 7.05 Å². The van der Waals surface area contributed by atoms with E-state index < -0.39 is 11.6 Å². The van der Waals surface area contributed by atoms with Crippen molar-refractivity contribution in [1.82, 2.24) is 5.32 Å². The van der Waals surface area contributed by atoms with Crippen LogP contribution in [0.5, 0.6) is 0 Å². The molecule has 0 saturated carbocycles. The van der Waals surface area contributed by atoms with Crippen molar-refractivity contribution < 1.29 is 8.78 Å². The molecule has 0 fully saturated rings. The molecule has 0 aliphatic carbocycles. The molecule has 0 aromatic heterocycles. The van der Waals surface area contributed by atoms with E-state index in [1.807, 2.05) is 25.1 Å². The zero-order valence-corrected chi connectivity index (χ0v) is 14.9. The molecule has 0 aliphatic rings. The maximum Gasteiger partial charge on any atom is 0.143 e. The highest BCUT2D eigenvalue weighted by molar-refractivity contribution is 9.10. The Bertz CT molecular complexity index is 659. The van der Waals surface area contributed by atoms with Crippen LogP contribution in [0.3, 0.4) is 0 Å². The standard InChI is InChI=1S/C16H15Br2F2N/c1-9-10(4-3-5-12(9)17)15(21-2)8-11-14(19)7-6-13(18)16(11)20/h3-7,15,21H,8H2,1-2H3. The van der Waals surface area contributed by atoms with Gasteiger partial charge in [-0.1, -0.05) is 28.1 Å². The quantitative estimate of drug-likeness (QED) is 0.664. The summed E-state index contributed by atoms with van der Waals surface area (Å²) in [4.78, 5) is 0. The van der Waals surface area contributed by atoms with Crippen molar-refractivity contribution in [3.05, 3.63) is 67.6 Å². The molecule has 0 amide bonds. The lowest BCUT2D eigenvalue weighted by Crippen LogP contribution is -2.21. The summed E-state index contributed by atoms with van der Waals surface area (Å²) < 4.78 is 29.3. The summed E-state index contributed by atoms with van der Waals surface area (Å²) in [6, 6.07) is 8.34. The van der Waals surface area contributed by atoms with Crippen LogP contribution < -0.4 is 5.32 Å². The van der Waals surface area contributed by atoms with Gasteiger partial charge in [-0.2, -0.15) is 0 Å². The van der Waals surface area contributed by atoms with Crippen LogP contribution in [0.15, 0.2) is 39.3 Å². The molecule has 1 N–H and O–H groups in total. The van der Waals surface area contributed by atoms with Gasteiger partial charge in [-0.05, 0) is 65.6 Å². The highest BCUT2D eigenvalue weighted by Crippen LogP contribution is 2.30. The van der Waals surface area contributed by atoms with Crippen molar-refractivity contribution in [2.24, 2.45) is 0 Å². The maximum atomic E-state index is 14.1. The second kappa shape index (κ2) is 6.99. The second-order valence-electron chi connectivity index (χ2n) is 4.82. The number of likely N-dealkylation sites (N-methyl/N-ethyl adjacent to an activating group) is 1. The van der Waals surface area contributed by atoms with Gasteiger partial charge in [0.25, 0.3) is 0 Å². The van der Waals surface area contributed by atoms with Gasteiger partial charge in [-0.15, -0.1) is 0 Å². The van der Waals surface area contributed by atoms with Crippen molar-refractivity contribution in [1.29, 1.82) is 0 Å². The Hall–Kier alpha value is -0.780.